The average Bonchev–Trinajstić information content (AvgIpc) is 2.73. The third-order valence-electron chi connectivity index (χ3n) is 4.65. The number of rotatable bonds is 6. The van der Waals surface area contributed by atoms with Crippen LogP contribution in [0, 0.1) is 16.7 Å². The van der Waals surface area contributed by atoms with E-state index in [0.29, 0.717) is 17.9 Å². The minimum Gasteiger partial charge on any atom is -0.379 e. The highest BCUT2D eigenvalue weighted by Crippen LogP contribution is 2.25. The van der Waals surface area contributed by atoms with Crippen molar-refractivity contribution in [3.8, 4) is 6.07 Å². The van der Waals surface area contributed by atoms with E-state index in [0.717, 1.165) is 38.4 Å². The zero-order chi connectivity index (χ0) is 22.4. The van der Waals surface area contributed by atoms with Crippen LogP contribution in [-0.4, -0.2) is 53.6 Å². The van der Waals surface area contributed by atoms with Crippen LogP contribution in [0.15, 0.2) is 30.5 Å². The van der Waals surface area contributed by atoms with E-state index in [1.54, 1.807) is 11.1 Å². The Morgan fingerprint density at radius 2 is 2.10 bits per heavy atom. The molecule has 1 amide bonds. The van der Waals surface area contributed by atoms with Crippen LogP contribution in [0.1, 0.15) is 42.5 Å². The molecule has 0 atom stereocenters. The maximum Gasteiger partial charge on any atom is 0.269 e. The number of nitrogens with one attached hydrogen (secondary N) is 1. The van der Waals surface area contributed by atoms with Gasteiger partial charge in [0.05, 0.1) is 19.4 Å². The number of amides is 1. The molecule has 1 aliphatic rings. The summed E-state index contributed by atoms with van der Waals surface area (Å²) in [6.45, 7) is 10.5. The van der Waals surface area contributed by atoms with Gasteiger partial charge in [0, 0.05) is 31.7 Å². The predicted molar refractivity (Wildman–Crippen MR) is 119 cm³/mol. The number of anilines is 1. The van der Waals surface area contributed by atoms with E-state index in [2.05, 4.69) is 20.3 Å². The van der Waals surface area contributed by atoms with Crippen molar-refractivity contribution < 1.29 is 9.53 Å². The Labute approximate surface area is 187 Å². The summed E-state index contributed by atoms with van der Waals surface area (Å²) in [4.78, 5) is 23.5. The van der Waals surface area contributed by atoms with Crippen LogP contribution in [0.3, 0.4) is 0 Å². The molecule has 31 heavy (non-hydrogen) atoms. The third kappa shape index (κ3) is 6.62. The summed E-state index contributed by atoms with van der Waals surface area (Å²) >= 11 is 6.30. The molecule has 0 aliphatic carbocycles. The molecular weight excluding hydrogens is 416 g/mol. The van der Waals surface area contributed by atoms with Crippen LogP contribution < -0.4 is 10.4 Å². The molecule has 1 fully saturated rings. The van der Waals surface area contributed by atoms with Gasteiger partial charge in [-0.05, 0) is 23.1 Å². The van der Waals surface area contributed by atoms with Crippen LogP contribution in [0.5, 0.6) is 0 Å². The summed E-state index contributed by atoms with van der Waals surface area (Å²) in [6.07, 6.45) is 1.37. The number of carbonyl (C=O) groups excluding carboxylic acids is 1. The molecule has 1 saturated heterocycles. The summed E-state index contributed by atoms with van der Waals surface area (Å²) in [5, 5.41) is 11.0. The fourth-order valence-corrected chi connectivity index (χ4v) is 3.45. The fourth-order valence-electron chi connectivity index (χ4n) is 3.26. The number of nitrogens with zero attached hydrogens (tertiary/aromatic N) is 5. The average molecular weight is 443 g/mol. The largest absolute Gasteiger partial charge is 0.379 e. The van der Waals surface area contributed by atoms with Gasteiger partial charge in [-0.2, -0.15) is 10.2 Å². The minimum atomic E-state index is -0.277. The first-order valence-electron chi connectivity index (χ1n) is 10.2. The van der Waals surface area contributed by atoms with Crippen LogP contribution in [-0.2, 0) is 11.3 Å². The SMILES string of the molecule is CC(C)(C)CN(NC(=O)c1cccc(CN2CCOCC2)c1)c1nc(C#N)ncc1Cl. The third-order valence-corrected chi connectivity index (χ3v) is 4.92. The Balaban J connectivity index is 1.80. The first-order valence-corrected chi connectivity index (χ1v) is 10.5. The molecule has 164 valence electrons. The molecule has 1 aliphatic heterocycles. The zero-order valence-corrected chi connectivity index (χ0v) is 18.8. The Kier molecular flexibility index (Phi) is 7.44. The Bertz CT molecular complexity index is 963. The number of hydrogen-bond donors (Lipinski definition) is 1. The molecule has 1 aromatic heterocycles. The second-order valence-electron chi connectivity index (χ2n) is 8.65. The summed E-state index contributed by atoms with van der Waals surface area (Å²) in [5.41, 5.74) is 4.33. The number of hydrazine groups is 1. The van der Waals surface area contributed by atoms with Crippen LogP contribution >= 0.6 is 11.6 Å². The standard InChI is InChI=1S/C22H27ClN6O2/c1-22(2,3)15-29(20-18(23)13-25-19(12-24)26-20)27-21(30)17-6-4-5-16(11-17)14-28-7-9-31-10-8-28/h4-6,11,13H,7-10,14-15H2,1-3H3,(H,27,30). The predicted octanol–water partition coefficient (Wildman–Crippen LogP) is 3.03. The number of morpholine rings is 1. The van der Waals surface area contributed by atoms with Crippen molar-refractivity contribution in [2.24, 2.45) is 5.41 Å². The van der Waals surface area contributed by atoms with E-state index in [1.165, 1.54) is 6.20 Å². The van der Waals surface area contributed by atoms with Gasteiger partial charge in [0.1, 0.15) is 11.1 Å². The smallest absolute Gasteiger partial charge is 0.269 e. The van der Waals surface area contributed by atoms with E-state index in [9.17, 15) is 4.79 Å². The van der Waals surface area contributed by atoms with E-state index in [1.807, 2.05) is 45.0 Å². The quantitative estimate of drug-likeness (QED) is 0.687. The van der Waals surface area contributed by atoms with Gasteiger partial charge in [0.25, 0.3) is 5.91 Å². The van der Waals surface area contributed by atoms with E-state index in [-0.39, 0.29) is 22.2 Å². The summed E-state index contributed by atoms with van der Waals surface area (Å²) in [5.74, 6) is 0.00212. The lowest BCUT2D eigenvalue weighted by Gasteiger charge is -2.31. The summed E-state index contributed by atoms with van der Waals surface area (Å²) < 4.78 is 5.40. The second kappa shape index (κ2) is 10.1. The van der Waals surface area contributed by atoms with Gasteiger partial charge >= 0.3 is 0 Å². The molecular formula is C22H27ClN6O2. The fraction of sp³-hybridized carbons (Fsp3) is 0.455. The molecule has 8 nitrogen and oxygen atoms in total. The first-order chi connectivity index (χ1) is 14.7. The molecule has 3 rings (SSSR count). The number of nitriles is 1. The summed E-state index contributed by atoms with van der Waals surface area (Å²) in [6, 6.07) is 9.47. The molecule has 0 unspecified atom stereocenters. The zero-order valence-electron chi connectivity index (χ0n) is 18.1. The molecule has 0 radical (unpaired) electrons. The molecule has 9 heteroatoms. The topological polar surface area (TPSA) is 94.4 Å². The summed E-state index contributed by atoms with van der Waals surface area (Å²) in [7, 11) is 0. The van der Waals surface area contributed by atoms with Gasteiger partial charge in [-0.25, -0.2) is 4.98 Å². The molecule has 0 bridgehead atoms. The molecule has 1 aromatic carbocycles. The highest BCUT2D eigenvalue weighted by Gasteiger charge is 2.23. The number of halogens is 1. The van der Waals surface area contributed by atoms with E-state index < -0.39 is 0 Å². The van der Waals surface area contributed by atoms with Crippen molar-refractivity contribution in [2.75, 3.05) is 37.9 Å². The van der Waals surface area contributed by atoms with Gasteiger partial charge in [-0.15, -0.1) is 0 Å². The minimum absolute atomic E-state index is 0.0138. The van der Waals surface area contributed by atoms with Crippen molar-refractivity contribution >= 4 is 23.3 Å². The highest BCUT2D eigenvalue weighted by atomic mass is 35.5. The lowest BCUT2D eigenvalue weighted by molar-refractivity contribution is 0.0342. The van der Waals surface area contributed by atoms with Gasteiger partial charge in [-0.3, -0.25) is 20.1 Å². The lowest BCUT2D eigenvalue weighted by atomic mass is 9.97. The molecule has 1 N–H and O–H groups in total. The number of benzene rings is 1. The maximum absolute atomic E-state index is 13.1. The monoisotopic (exact) mass is 442 g/mol. The molecule has 2 heterocycles. The van der Waals surface area contributed by atoms with Crippen LogP contribution in [0.2, 0.25) is 5.02 Å². The van der Waals surface area contributed by atoms with Gasteiger partial charge in [0.15, 0.2) is 5.82 Å². The van der Waals surface area contributed by atoms with Gasteiger partial charge in [0.2, 0.25) is 5.82 Å². The van der Waals surface area contributed by atoms with Gasteiger partial charge < -0.3 is 4.74 Å². The molecule has 2 aromatic rings. The normalized spacial score (nSPS) is 14.7. The molecule has 0 saturated carbocycles. The number of ether oxygens (including phenoxy) is 1. The van der Waals surface area contributed by atoms with Crippen molar-refractivity contribution in [3.05, 3.63) is 52.4 Å². The lowest BCUT2D eigenvalue weighted by Crippen LogP contribution is -2.47. The van der Waals surface area contributed by atoms with Crippen molar-refractivity contribution in [1.29, 1.82) is 5.26 Å². The molecule has 0 spiro atoms. The van der Waals surface area contributed by atoms with Gasteiger partial charge in [-0.1, -0.05) is 44.5 Å². The Hall–Kier alpha value is -2.73. The Morgan fingerprint density at radius 3 is 2.77 bits per heavy atom. The Morgan fingerprint density at radius 1 is 1.35 bits per heavy atom. The van der Waals surface area contributed by atoms with Crippen LogP contribution in [0.25, 0.3) is 0 Å². The highest BCUT2D eigenvalue weighted by molar-refractivity contribution is 6.32. The maximum atomic E-state index is 13.1. The van der Waals surface area contributed by atoms with Crippen molar-refractivity contribution in [2.45, 2.75) is 27.3 Å². The van der Waals surface area contributed by atoms with Crippen LogP contribution in [0.4, 0.5) is 5.82 Å². The van der Waals surface area contributed by atoms with E-state index >= 15 is 0 Å². The number of carbonyl (C=O) groups is 1. The van der Waals surface area contributed by atoms with Crippen molar-refractivity contribution in [3.63, 3.8) is 0 Å². The van der Waals surface area contributed by atoms with E-state index in [4.69, 9.17) is 21.6 Å². The first kappa shape index (κ1) is 22.9. The second-order valence-corrected chi connectivity index (χ2v) is 9.06. The van der Waals surface area contributed by atoms with Crippen molar-refractivity contribution in [1.82, 2.24) is 20.3 Å². The number of aromatic nitrogens is 2. The number of hydrogen-bond acceptors (Lipinski definition) is 7.